The molecule has 0 aliphatic rings. The van der Waals surface area contributed by atoms with Crippen molar-refractivity contribution in [3.8, 4) is 0 Å². The van der Waals surface area contributed by atoms with E-state index in [4.69, 9.17) is 0 Å². The van der Waals surface area contributed by atoms with Crippen LogP contribution in [0.15, 0.2) is 46.4 Å². The van der Waals surface area contributed by atoms with Crippen molar-refractivity contribution in [3.05, 3.63) is 52.7 Å². The molecule has 0 saturated heterocycles. The van der Waals surface area contributed by atoms with Gasteiger partial charge in [-0.2, -0.15) is 4.98 Å². The summed E-state index contributed by atoms with van der Waals surface area (Å²) in [6.07, 6.45) is 3.15. The van der Waals surface area contributed by atoms with E-state index in [1.165, 1.54) is 6.33 Å². The smallest absolute Gasteiger partial charge is 0.340 e. The van der Waals surface area contributed by atoms with E-state index in [1.807, 2.05) is 30.3 Å². The minimum Gasteiger partial charge on any atom is -0.340 e. The maximum atomic E-state index is 11.3. The number of rotatable bonds is 2. The van der Waals surface area contributed by atoms with Gasteiger partial charge >= 0.3 is 5.69 Å². The van der Waals surface area contributed by atoms with Crippen LogP contribution in [-0.2, 0) is 0 Å². The molecule has 0 unspecified atom stereocenters. The molecule has 2 aromatic heterocycles. The summed E-state index contributed by atoms with van der Waals surface area (Å²) in [7, 11) is 0. The summed E-state index contributed by atoms with van der Waals surface area (Å²) in [5.41, 5.74) is 1.46. The zero-order valence-corrected chi connectivity index (χ0v) is 9.29. The fraction of sp³-hybridized carbons (Fsp3) is 0. The zero-order chi connectivity index (χ0) is 12.4. The van der Waals surface area contributed by atoms with Gasteiger partial charge in [-0.3, -0.25) is 4.98 Å². The van der Waals surface area contributed by atoms with Crippen LogP contribution in [-0.4, -0.2) is 26.2 Å². The lowest BCUT2D eigenvalue weighted by Gasteiger charge is -1.95. The lowest BCUT2D eigenvalue weighted by atomic mass is 10.2. The van der Waals surface area contributed by atoms with Crippen molar-refractivity contribution >= 4 is 23.2 Å². The molecule has 18 heavy (non-hydrogen) atoms. The van der Waals surface area contributed by atoms with Crippen LogP contribution < -0.4 is 5.69 Å². The number of fused-ring (bicyclic) bond motifs is 1. The Labute approximate surface area is 101 Å². The van der Waals surface area contributed by atoms with Gasteiger partial charge in [-0.15, -0.1) is 0 Å². The highest BCUT2D eigenvalue weighted by molar-refractivity contribution is 5.87. The van der Waals surface area contributed by atoms with E-state index in [2.05, 4.69) is 24.9 Å². The Balaban J connectivity index is 2.07. The van der Waals surface area contributed by atoms with Crippen molar-refractivity contribution in [2.75, 3.05) is 0 Å². The zero-order valence-electron chi connectivity index (χ0n) is 9.29. The summed E-state index contributed by atoms with van der Waals surface area (Å²) in [4.78, 5) is 28.7. The van der Waals surface area contributed by atoms with Gasteiger partial charge in [0.25, 0.3) is 0 Å². The molecule has 0 amide bonds. The Morgan fingerprint density at radius 1 is 1.22 bits per heavy atom. The third-order valence-electron chi connectivity index (χ3n) is 2.43. The van der Waals surface area contributed by atoms with Crippen LogP contribution in [0.25, 0.3) is 11.2 Å². The first-order valence-corrected chi connectivity index (χ1v) is 5.35. The minimum atomic E-state index is -0.463. The second-order valence-corrected chi connectivity index (χ2v) is 3.66. The van der Waals surface area contributed by atoms with Gasteiger partial charge in [-0.1, -0.05) is 30.3 Å². The predicted octanol–water partition coefficient (Wildman–Crippen LogP) is 1.40. The highest BCUT2D eigenvalue weighted by Crippen LogP contribution is 2.15. The molecule has 2 N–H and O–H groups in total. The fourth-order valence-electron chi connectivity index (χ4n) is 1.61. The normalized spacial score (nSPS) is 11.3. The van der Waals surface area contributed by atoms with E-state index in [-0.39, 0.29) is 0 Å². The number of H-pyrrole nitrogens is 2. The number of nitrogens with one attached hydrogen (secondary N) is 2. The van der Waals surface area contributed by atoms with Crippen LogP contribution in [0.5, 0.6) is 0 Å². The van der Waals surface area contributed by atoms with E-state index < -0.39 is 5.69 Å². The Kier molecular flexibility index (Phi) is 2.45. The average molecular weight is 239 g/mol. The van der Waals surface area contributed by atoms with Gasteiger partial charge in [-0.05, 0) is 5.56 Å². The molecule has 6 heteroatoms. The summed E-state index contributed by atoms with van der Waals surface area (Å²) in [6.45, 7) is 0. The number of nitrogens with zero attached hydrogens (tertiary/aromatic N) is 3. The molecule has 0 radical (unpaired) electrons. The Hall–Kier alpha value is -2.76. The molecule has 0 saturated carbocycles. The van der Waals surface area contributed by atoms with Gasteiger partial charge in [0.05, 0.1) is 6.33 Å². The van der Waals surface area contributed by atoms with Gasteiger partial charge in [0.1, 0.15) is 5.52 Å². The number of hydrogen-bond donors (Lipinski definition) is 2. The van der Waals surface area contributed by atoms with Gasteiger partial charge < -0.3 is 4.98 Å². The molecular weight excluding hydrogens is 230 g/mol. The minimum absolute atomic E-state index is 0.360. The first kappa shape index (κ1) is 10.4. The third-order valence-corrected chi connectivity index (χ3v) is 2.43. The third kappa shape index (κ3) is 1.91. The van der Waals surface area contributed by atoms with Crippen molar-refractivity contribution in [2.24, 2.45) is 4.99 Å². The molecule has 0 atom stereocenters. The molecule has 3 aromatic rings. The molecule has 88 valence electrons. The SMILES string of the molecule is O=c1nc2nc[nH]c2c(N=Cc2ccccc2)[nH]1. The molecule has 0 fully saturated rings. The van der Waals surface area contributed by atoms with Crippen LogP contribution in [0.2, 0.25) is 0 Å². The van der Waals surface area contributed by atoms with Crippen molar-refractivity contribution < 1.29 is 0 Å². The second-order valence-electron chi connectivity index (χ2n) is 3.66. The van der Waals surface area contributed by atoms with Crippen LogP contribution >= 0.6 is 0 Å². The molecule has 0 aliphatic heterocycles. The summed E-state index contributed by atoms with van der Waals surface area (Å²) in [5, 5.41) is 0. The molecule has 1 aromatic carbocycles. The Morgan fingerprint density at radius 3 is 2.89 bits per heavy atom. The number of aromatic amines is 2. The summed E-state index contributed by atoms with van der Waals surface area (Å²) < 4.78 is 0. The van der Waals surface area contributed by atoms with E-state index in [1.54, 1.807) is 6.21 Å². The van der Waals surface area contributed by atoms with Gasteiger partial charge in [-0.25, -0.2) is 14.8 Å². The number of aliphatic imine (C=N–C) groups is 1. The summed E-state index contributed by atoms with van der Waals surface area (Å²) >= 11 is 0. The van der Waals surface area contributed by atoms with Crippen LogP contribution in [0.3, 0.4) is 0 Å². The summed E-state index contributed by atoms with van der Waals surface area (Å²) in [5.74, 6) is 0.423. The van der Waals surface area contributed by atoms with Gasteiger partial charge in [0, 0.05) is 6.21 Å². The van der Waals surface area contributed by atoms with E-state index in [9.17, 15) is 4.79 Å². The molecule has 0 aliphatic carbocycles. The van der Waals surface area contributed by atoms with Crippen molar-refractivity contribution in [2.45, 2.75) is 0 Å². The quantitative estimate of drug-likeness (QED) is 0.662. The van der Waals surface area contributed by atoms with Crippen molar-refractivity contribution in [1.29, 1.82) is 0 Å². The van der Waals surface area contributed by atoms with E-state index in [0.717, 1.165) is 5.56 Å². The maximum Gasteiger partial charge on any atom is 0.348 e. The molecule has 2 heterocycles. The average Bonchev–Trinajstić information content (AvgIpc) is 2.85. The van der Waals surface area contributed by atoms with E-state index in [0.29, 0.717) is 17.0 Å². The lowest BCUT2D eigenvalue weighted by molar-refractivity contribution is 1.10. The number of benzene rings is 1. The topological polar surface area (TPSA) is 86.8 Å². The van der Waals surface area contributed by atoms with Crippen LogP contribution in [0.1, 0.15) is 5.56 Å². The molecule has 3 rings (SSSR count). The lowest BCUT2D eigenvalue weighted by Crippen LogP contribution is -2.09. The molecule has 6 nitrogen and oxygen atoms in total. The van der Waals surface area contributed by atoms with Crippen LogP contribution in [0, 0.1) is 0 Å². The number of aromatic nitrogens is 4. The van der Waals surface area contributed by atoms with Crippen molar-refractivity contribution in [3.63, 3.8) is 0 Å². The molecular formula is C12H9N5O. The summed E-state index contributed by atoms with van der Waals surface area (Å²) in [6, 6.07) is 9.61. The standard InChI is InChI=1S/C12H9N5O/c18-12-16-10(9-11(17-12)15-7-14-9)13-6-8-4-2-1-3-5-8/h1-7H,(H2,14,15,16,17,18). The van der Waals surface area contributed by atoms with Crippen molar-refractivity contribution in [1.82, 2.24) is 19.9 Å². The van der Waals surface area contributed by atoms with E-state index >= 15 is 0 Å². The van der Waals surface area contributed by atoms with Gasteiger partial charge in [0.2, 0.25) is 0 Å². The monoisotopic (exact) mass is 239 g/mol. The Bertz CT molecular complexity index is 757. The number of imidazole rings is 1. The predicted molar refractivity (Wildman–Crippen MR) is 68.2 cm³/mol. The first-order valence-electron chi connectivity index (χ1n) is 5.35. The van der Waals surface area contributed by atoms with Gasteiger partial charge in [0.15, 0.2) is 11.5 Å². The molecule has 0 bridgehead atoms. The van der Waals surface area contributed by atoms with Crippen LogP contribution in [0.4, 0.5) is 5.82 Å². The highest BCUT2D eigenvalue weighted by Gasteiger charge is 2.04. The maximum absolute atomic E-state index is 11.3. The molecule has 0 spiro atoms. The fourth-order valence-corrected chi connectivity index (χ4v) is 1.61. The first-order chi connectivity index (χ1) is 8.83. The Morgan fingerprint density at radius 2 is 2.06 bits per heavy atom. The second kappa shape index (κ2) is 4.25. The highest BCUT2D eigenvalue weighted by atomic mass is 16.1. The largest absolute Gasteiger partial charge is 0.348 e. The number of hydrogen-bond acceptors (Lipinski definition) is 4.